The molecular formula is C30H37Cl2N3O2. The molecule has 3 N–H and O–H groups in total. The molecule has 0 saturated carbocycles. The molecule has 1 amide bonds. The number of benzene rings is 3. The Morgan fingerprint density at radius 2 is 1.70 bits per heavy atom. The summed E-state index contributed by atoms with van der Waals surface area (Å²) in [6.45, 7) is 12.4. The van der Waals surface area contributed by atoms with Gasteiger partial charge in [0.25, 0.3) is 0 Å². The lowest BCUT2D eigenvalue weighted by Crippen LogP contribution is -2.35. The number of alkyl carbamates (subject to hydrolysis) is 1. The van der Waals surface area contributed by atoms with Crippen molar-refractivity contribution in [1.29, 1.82) is 0 Å². The van der Waals surface area contributed by atoms with Gasteiger partial charge in [-0.15, -0.1) is 0 Å². The molecule has 37 heavy (non-hydrogen) atoms. The summed E-state index contributed by atoms with van der Waals surface area (Å²) in [5.41, 5.74) is 7.60. The number of ether oxygens (including phenoxy) is 1. The summed E-state index contributed by atoms with van der Waals surface area (Å²) < 4.78 is 5.32. The number of carbonyl (C=O) groups excluding carboxylic acids is 1. The summed E-state index contributed by atoms with van der Waals surface area (Å²) in [5, 5.41) is 11.1. The van der Waals surface area contributed by atoms with Gasteiger partial charge in [0.2, 0.25) is 0 Å². The SMILES string of the molecule is CC.Cc1ccc(-c2cc3c(c(Cl)c2NCCNC(=O)OC(C)(C)C)Nc2ccccc2CC3)cc1Cl. The summed E-state index contributed by atoms with van der Waals surface area (Å²) in [6, 6.07) is 16.5. The summed E-state index contributed by atoms with van der Waals surface area (Å²) in [7, 11) is 0. The largest absolute Gasteiger partial charge is 0.444 e. The van der Waals surface area contributed by atoms with Gasteiger partial charge in [0, 0.05) is 29.4 Å². The molecule has 0 atom stereocenters. The van der Waals surface area contributed by atoms with Crippen LogP contribution in [0.15, 0.2) is 48.5 Å². The molecule has 7 heteroatoms. The van der Waals surface area contributed by atoms with Crippen LogP contribution >= 0.6 is 23.2 Å². The van der Waals surface area contributed by atoms with E-state index < -0.39 is 11.7 Å². The molecule has 0 spiro atoms. The number of rotatable bonds is 5. The van der Waals surface area contributed by atoms with Crippen molar-refractivity contribution in [3.8, 4) is 11.1 Å². The first-order chi connectivity index (χ1) is 17.6. The Morgan fingerprint density at radius 3 is 2.41 bits per heavy atom. The van der Waals surface area contributed by atoms with Crippen LogP contribution in [0.3, 0.4) is 0 Å². The molecule has 0 bridgehead atoms. The number of nitrogens with one attached hydrogen (secondary N) is 3. The Kier molecular flexibility index (Phi) is 9.74. The lowest BCUT2D eigenvalue weighted by atomic mass is 9.96. The fourth-order valence-electron chi connectivity index (χ4n) is 4.13. The van der Waals surface area contributed by atoms with Gasteiger partial charge in [-0.25, -0.2) is 4.79 Å². The van der Waals surface area contributed by atoms with E-state index in [1.54, 1.807) is 0 Å². The zero-order valence-corrected chi connectivity index (χ0v) is 24.0. The van der Waals surface area contributed by atoms with Crippen LogP contribution in [0.25, 0.3) is 11.1 Å². The summed E-state index contributed by atoms with van der Waals surface area (Å²) in [4.78, 5) is 12.0. The van der Waals surface area contributed by atoms with Crippen LogP contribution in [0.4, 0.5) is 21.9 Å². The van der Waals surface area contributed by atoms with Gasteiger partial charge in [-0.1, -0.05) is 67.4 Å². The third kappa shape index (κ3) is 7.33. The van der Waals surface area contributed by atoms with E-state index in [0.717, 1.165) is 52.2 Å². The Balaban J connectivity index is 0.00000186. The van der Waals surface area contributed by atoms with Crippen LogP contribution in [0, 0.1) is 6.92 Å². The van der Waals surface area contributed by atoms with Crippen molar-refractivity contribution in [1.82, 2.24) is 5.32 Å². The molecule has 0 aromatic heterocycles. The van der Waals surface area contributed by atoms with Crippen LogP contribution < -0.4 is 16.0 Å². The third-order valence-electron chi connectivity index (χ3n) is 5.87. The van der Waals surface area contributed by atoms with Gasteiger partial charge in [0.05, 0.1) is 16.4 Å². The van der Waals surface area contributed by atoms with Crippen LogP contribution in [0.1, 0.15) is 51.3 Å². The van der Waals surface area contributed by atoms with Crippen molar-refractivity contribution >= 4 is 46.4 Å². The molecule has 0 saturated heterocycles. The fraction of sp³-hybridized carbons (Fsp3) is 0.367. The lowest BCUT2D eigenvalue weighted by molar-refractivity contribution is 0.0530. The number of hydrogen-bond acceptors (Lipinski definition) is 4. The molecule has 198 valence electrons. The summed E-state index contributed by atoms with van der Waals surface area (Å²) >= 11 is 13.5. The normalized spacial score (nSPS) is 12.1. The van der Waals surface area contributed by atoms with Gasteiger partial charge in [0.1, 0.15) is 5.60 Å². The number of hydrogen-bond donors (Lipinski definition) is 3. The average molecular weight is 543 g/mol. The number of aryl methyl sites for hydroxylation is 3. The second-order valence-electron chi connectivity index (χ2n) is 9.75. The van der Waals surface area contributed by atoms with E-state index in [1.807, 2.05) is 59.7 Å². The maximum absolute atomic E-state index is 12.0. The Bertz CT molecular complexity index is 1250. The summed E-state index contributed by atoms with van der Waals surface area (Å²) in [5.74, 6) is 0. The van der Waals surface area contributed by atoms with Crippen LogP contribution in [-0.4, -0.2) is 24.8 Å². The molecule has 4 rings (SSSR count). The maximum Gasteiger partial charge on any atom is 0.407 e. The zero-order chi connectivity index (χ0) is 27.2. The number of anilines is 3. The summed E-state index contributed by atoms with van der Waals surface area (Å²) in [6.07, 6.45) is 1.34. The van der Waals surface area contributed by atoms with Gasteiger partial charge in [0.15, 0.2) is 0 Å². The highest BCUT2D eigenvalue weighted by Crippen LogP contribution is 2.45. The van der Waals surface area contributed by atoms with Gasteiger partial charge < -0.3 is 20.7 Å². The van der Waals surface area contributed by atoms with E-state index in [2.05, 4.69) is 46.3 Å². The third-order valence-corrected chi connectivity index (χ3v) is 6.65. The van der Waals surface area contributed by atoms with Crippen LogP contribution in [-0.2, 0) is 17.6 Å². The molecule has 0 fully saturated rings. The van der Waals surface area contributed by atoms with E-state index in [1.165, 1.54) is 5.56 Å². The number of fused-ring (bicyclic) bond motifs is 2. The Hall–Kier alpha value is -2.89. The minimum Gasteiger partial charge on any atom is -0.444 e. The van der Waals surface area contributed by atoms with Crippen molar-refractivity contribution in [3.05, 3.63) is 75.3 Å². The fourth-order valence-corrected chi connectivity index (χ4v) is 4.64. The minimum atomic E-state index is -0.544. The number of halogens is 2. The standard InChI is InChI=1S/C28H31Cl2N3O2.C2H6/c1-17-9-10-19(16-22(17)29)21-15-20-12-11-18-7-5-6-8-23(18)33-25(20)24(30)26(21)31-13-14-32-27(34)35-28(2,3)4;1-2/h5-10,15-16,31,33H,11-14H2,1-4H3,(H,32,34);1-2H3. The first kappa shape index (κ1) is 28.7. The highest BCUT2D eigenvalue weighted by Gasteiger charge is 2.22. The molecular weight excluding hydrogens is 505 g/mol. The van der Waals surface area contributed by atoms with Crippen molar-refractivity contribution in [3.63, 3.8) is 0 Å². The van der Waals surface area contributed by atoms with E-state index in [0.29, 0.717) is 23.1 Å². The predicted octanol–water partition coefficient (Wildman–Crippen LogP) is 8.77. The van der Waals surface area contributed by atoms with E-state index in [-0.39, 0.29) is 0 Å². The molecule has 0 unspecified atom stereocenters. The highest BCUT2D eigenvalue weighted by molar-refractivity contribution is 6.37. The molecule has 1 heterocycles. The second kappa shape index (κ2) is 12.6. The quantitative estimate of drug-likeness (QED) is 0.282. The van der Waals surface area contributed by atoms with Gasteiger partial charge in [-0.2, -0.15) is 0 Å². The Morgan fingerprint density at radius 1 is 1.00 bits per heavy atom. The van der Waals surface area contributed by atoms with Crippen LogP contribution in [0.5, 0.6) is 0 Å². The van der Waals surface area contributed by atoms with E-state index in [4.69, 9.17) is 27.9 Å². The maximum atomic E-state index is 12.0. The molecule has 1 aliphatic rings. The van der Waals surface area contributed by atoms with Gasteiger partial charge >= 0.3 is 6.09 Å². The monoisotopic (exact) mass is 541 g/mol. The number of para-hydroxylation sites is 1. The first-order valence-corrected chi connectivity index (χ1v) is 13.6. The van der Waals surface area contributed by atoms with Gasteiger partial charge in [-0.3, -0.25) is 0 Å². The van der Waals surface area contributed by atoms with E-state index >= 15 is 0 Å². The topological polar surface area (TPSA) is 62.4 Å². The minimum absolute atomic E-state index is 0.382. The molecule has 0 aliphatic carbocycles. The smallest absolute Gasteiger partial charge is 0.407 e. The van der Waals surface area contributed by atoms with Crippen LogP contribution in [0.2, 0.25) is 10.0 Å². The highest BCUT2D eigenvalue weighted by atomic mass is 35.5. The van der Waals surface area contributed by atoms with E-state index in [9.17, 15) is 4.79 Å². The number of carbonyl (C=O) groups is 1. The Labute approximate surface area is 230 Å². The van der Waals surface area contributed by atoms with Crippen molar-refractivity contribution in [2.24, 2.45) is 0 Å². The van der Waals surface area contributed by atoms with Crippen molar-refractivity contribution < 1.29 is 9.53 Å². The van der Waals surface area contributed by atoms with Crippen molar-refractivity contribution in [2.75, 3.05) is 23.7 Å². The second-order valence-corrected chi connectivity index (χ2v) is 10.5. The first-order valence-electron chi connectivity index (χ1n) is 12.8. The number of amides is 1. The average Bonchev–Trinajstić information content (AvgIpc) is 3.04. The molecule has 0 radical (unpaired) electrons. The molecule has 3 aromatic carbocycles. The lowest BCUT2D eigenvalue weighted by Gasteiger charge is -2.22. The molecule has 5 nitrogen and oxygen atoms in total. The molecule has 3 aromatic rings. The molecule has 1 aliphatic heterocycles. The predicted molar refractivity (Wildman–Crippen MR) is 158 cm³/mol. The van der Waals surface area contributed by atoms with Gasteiger partial charge in [-0.05, 0) is 81.0 Å². The zero-order valence-electron chi connectivity index (χ0n) is 22.5. The van der Waals surface area contributed by atoms with Crippen molar-refractivity contribution in [2.45, 2.75) is 60.0 Å².